The Kier molecular flexibility index (Phi) is 3.41. The number of rotatable bonds is 3. The molecule has 1 aromatic heterocycles. The van der Waals surface area contributed by atoms with Crippen molar-refractivity contribution in [2.24, 2.45) is 0 Å². The molecule has 3 nitrogen and oxygen atoms in total. The molecule has 0 aliphatic rings. The third kappa shape index (κ3) is 3.80. The number of thiophene rings is 1. The van der Waals surface area contributed by atoms with Gasteiger partial charge in [0.05, 0.1) is 0 Å². The summed E-state index contributed by atoms with van der Waals surface area (Å²) in [4.78, 5) is 0.684. The topological polar surface area (TPSA) is 43.4 Å². The minimum atomic E-state index is -4.65. The van der Waals surface area contributed by atoms with Gasteiger partial charge in [0.1, 0.15) is 4.21 Å². The van der Waals surface area contributed by atoms with Crippen molar-refractivity contribution in [1.29, 1.82) is 0 Å². The zero-order chi connectivity index (χ0) is 11.7. The normalized spacial score (nSPS) is 13.1. The molecule has 0 fully saturated rings. The molecule has 1 rings (SSSR count). The van der Waals surface area contributed by atoms with Crippen LogP contribution in [0.5, 0.6) is 0 Å². The maximum absolute atomic E-state index is 11.7. The summed E-state index contributed by atoms with van der Waals surface area (Å²) in [5, 5.41) is 0. The third-order valence-corrected chi connectivity index (χ3v) is 4.05. The highest BCUT2D eigenvalue weighted by Crippen LogP contribution is 2.24. The molecule has 0 N–H and O–H groups in total. The first-order valence-electron chi connectivity index (χ1n) is 3.73. The van der Waals surface area contributed by atoms with Crippen LogP contribution in [0.1, 0.15) is 4.88 Å². The molecule has 0 saturated heterocycles. The van der Waals surface area contributed by atoms with Crippen LogP contribution in [0.25, 0.3) is 0 Å². The van der Waals surface area contributed by atoms with Gasteiger partial charge in [-0.3, -0.25) is 4.18 Å². The molecule has 86 valence electrons. The highest BCUT2D eigenvalue weighted by molar-refractivity contribution is 7.89. The van der Waals surface area contributed by atoms with Gasteiger partial charge in [-0.1, -0.05) is 0 Å². The van der Waals surface area contributed by atoms with E-state index in [-0.39, 0.29) is 4.21 Å². The lowest BCUT2D eigenvalue weighted by molar-refractivity contribution is -0.152. The predicted octanol–water partition coefficient (Wildman–Crippen LogP) is 2.32. The van der Waals surface area contributed by atoms with Crippen molar-refractivity contribution in [3.63, 3.8) is 0 Å². The highest BCUT2D eigenvalue weighted by Gasteiger charge is 2.31. The van der Waals surface area contributed by atoms with Crippen molar-refractivity contribution in [2.75, 3.05) is 6.61 Å². The first-order chi connectivity index (χ1) is 6.71. The van der Waals surface area contributed by atoms with Gasteiger partial charge in [0.15, 0.2) is 6.61 Å². The van der Waals surface area contributed by atoms with Gasteiger partial charge in [0.2, 0.25) is 0 Å². The lowest BCUT2D eigenvalue weighted by Gasteiger charge is -2.06. The molecule has 0 spiro atoms. The van der Waals surface area contributed by atoms with E-state index in [1.165, 1.54) is 12.1 Å². The van der Waals surface area contributed by atoms with Crippen molar-refractivity contribution in [3.05, 3.63) is 17.0 Å². The summed E-state index contributed by atoms with van der Waals surface area (Å²) in [6, 6.07) is 2.71. The summed E-state index contributed by atoms with van der Waals surface area (Å²) in [5.41, 5.74) is 0. The maximum atomic E-state index is 11.7. The van der Waals surface area contributed by atoms with Crippen LogP contribution in [0.4, 0.5) is 13.2 Å². The van der Waals surface area contributed by atoms with Gasteiger partial charge in [-0.25, -0.2) is 0 Å². The predicted molar refractivity (Wildman–Crippen MR) is 48.2 cm³/mol. The molecule has 0 aliphatic carbocycles. The van der Waals surface area contributed by atoms with Crippen LogP contribution in [0, 0.1) is 6.92 Å². The first-order valence-corrected chi connectivity index (χ1v) is 5.96. The summed E-state index contributed by atoms with van der Waals surface area (Å²) in [6.07, 6.45) is -4.65. The highest BCUT2D eigenvalue weighted by atomic mass is 32.3. The van der Waals surface area contributed by atoms with E-state index < -0.39 is 22.9 Å². The summed E-state index contributed by atoms with van der Waals surface area (Å²) < 4.78 is 61.2. The fourth-order valence-electron chi connectivity index (χ4n) is 0.749. The van der Waals surface area contributed by atoms with Gasteiger partial charge in [-0.05, 0) is 19.1 Å². The van der Waals surface area contributed by atoms with Gasteiger partial charge in [0, 0.05) is 4.88 Å². The average Bonchev–Trinajstić information content (AvgIpc) is 2.48. The van der Waals surface area contributed by atoms with Crippen molar-refractivity contribution < 1.29 is 25.8 Å². The van der Waals surface area contributed by atoms with Crippen LogP contribution in [-0.4, -0.2) is 21.2 Å². The molecule has 0 radical (unpaired) electrons. The molecule has 0 amide bonds. The number of alkyl halides is 3. The van der Waals surface area contributed by atoms with Gasteiger partial charge in [-0.2, -0.15) is 21.6 Å². The quantitative estimate of drug-likeness (QED) is 0.783. The van der Waals surface area contributed by atoms with E-state index in [1.807, 2.05) is 0 Å². The van der Waals surface area contributed by atoms with E-state index in [4.69, 9.17) is 0 Å². The van der Waals surface area contributed by atoms with Crippen molar-refractivity contribution in [2.45, 2.75) is 17.3 Å². The Hall–Kier alpha value is -0.600. The van der Waals surface area contributed by atoms with Gasteiger partial charge >= 0.3 is 16.3 Å². The van der Waals surface area contributed by atoms with Crippen molar-refractivity contribution in [1.82, 2.24) is 0 Å². The molecule has 8 heteroatoms. The van der Waals surface area contributed by atoms with Crippen LogP contribution in [0.15, 0.2) is 16.3 Å². The van der Waals surface area contributed by atoms with E-state index in [0.717, 1.165) is 11.3 Å². The number of hydrogen-bond acceptors (Lipinski definition) is 4. The summed E-state index contributed by atoms with van der Waals surface area (Å²) >= 11 is 0.865. The minimum absolute atomic E-state index is 0.218. The Morgan fingerprint density at radius 1 is 1.40 bits per heavy atom. The number of halogens is 3. The molecule has 0 aliphatic heterocycles. The molecule has 0 saturated carbocycles. The number of aryl methyl sites for hydroxylation is 1. The molecule has 1 heterocycles. The fraction of sp³-hybridized carbons (Fsp3) is 0.429. The molecule has 0 bridgehead atoms. The van der Waals surface area contributed by atoms with Gasteiger partial charge in [-0.15, -0.1) is 11.3 Å². The second-order valence-corrected chi connectivity index (χ2v) is 5.83. The standard InChI is InChI=1S/C7H7F3O3S2/c1-5-2-3-6(14-5)15(11,12)13-4-7(8,9)10/h2-3H,4H2,1H3. The van der Waals surface area contributed by atoms with Crippen LogP contribution < -0.4 is 0 Å². The summed E-state index contributed by atoms with van der Waals surface area (Å²) in [7, 11) is -4.27. The van der Waals surface area contributed by atoms with E-state index in [0.29, 0.717) is 4.88 Å². The largest absolute Gasteiger partial charge is 0.413 e. The Bertz CT molecular complexity index is 433. The summed E-state index contributed by atoms with van der Waals surface area (Å²) in [6.45, 7) is -0.153. The zero-order valence-corrected chi connectivity index (χ0v) is 9.17. The SMILES string of the molecule is Cc1ccc(S(=O)(=O)OCC(F)(F)F)s1. The van der Waals surface area contributed by atoms with Crippen molar-refractivity contribution >= 4 is 21.5 Å². The smallest absolute Gasteiger partial charge is 0.256 e. The van der Waals surface area contributed by atoms with Crippen LogP contribution in [-0.2, 0) is 14.3 Å². The minimum Gasteiger partial charge on any atom is -0.256 e. The van der Waals surface area contributed by atoms with Crippen LogP contribution in [0.2, 0.25) is 0 Å². The molecule has 0 atom stereocenters. The van der Waals surface area contributed by atoms with Gasteiger partial charge < -0.3 is 0 Å². The fourth-order valence-corrected chi connectivity index (χ4v) is 2.93. The maximum Gasteiger partial charge on any atom is 0.413 e. The molecule has 1 aromatic rings. The third-order valence-electron chi connectivity index (χ3n) is 1.34. The zero-order valence-electron chi connectivity index (χ0n) is 7.54. The van der Waals surface area contributed by atoms with Gasteiger partial charge in [0.25, 0.3) is 0 Å². The Morgan fingerprint density at radius 3 is 2.40 bits per heavy atom. The Morgan fingerprint density at radius 2 is 2.00 bits per heavy atom. The molecule has 15 heavy (non-hydrogen) atoms. The van der Waals surface area contributed by atoms with E-state index in [1.54, 1.807) is 6.92 Å². The lowest BCUT2D eigenvalue weighted by atomic mass is 10.5. The monoisotopic (exact) mass is 260 g/mol. The van der Waals surface area contributed by atoms with E-state index >= 15 is 0 Å². The second-order valence-electron chi connectivity index (χ2n) is 2.70. The first kappa shape index (κ1) is 12.5. The lowest BCUT2D eigenvalue weighted by Crippen LogP contribution is -2.20. The van der Waals surface area contributed by atoms with Crippen molar-refractivity contribution in [3.8, 4) is 0 Å². The summed E-state index contributed by atoms with van der Waals surface area (Å²) in [5.74, 6) is 0. The molecular formula is C7H7F3O3S2. The molecule has 0 unspecified atom stereocenters. The van der Waals surface area contributed by atoms with Crippen LogP contribution >= 0.6 is 11.3 Å². The number of hydrogen-bond donors (Lipinski definition) is 0. The Labute approximate surface area is 88.6 Å². The van der Waals surface area contributed by atoms with E-state index in [9.17, 15) is 21.6 Å². The second kappa shape index (κ2) is 4.11. The average molecular weight is 260 g/mol. The Balaban J connectivity index is 2.77. The molecular weight excluding hydrogens is 253 g/mol. The van der Waals surface area contributed by atoms with Crippen LogP contribution in [0.3, 0.4) is 0 Å². The molecule has 0 aromatic carbocycles. The van der Waals surface area contributed by atoms with E-state index in [2.05, 4.69) is 4.18 Å².